The molecule has 0 saturated carbocycles. The summed E-state index contributed by atoms with van der Waals surface area (Å²) in [7, 11) is 6.44. The molecule has 0 aliphatic carbocycles. The summed E-state index contributed by atoms with van der Waals surface area (Å²) in [6.45, 7) is 27.1. The van der Waals surface area contributed by atoms with Gasteiger partial charge in [-0.25, -0.2) is 13.6 Å². The van der Waals surface area contributed by atoms with Crippen molar-refractivity contribution in [3.8, 4) is 0 Å². The van der Waals surface area contributed by atoms with Gasteiger partial charge in [0.2, 0.25) is 11.6 Å². The van der Waals surface area contributed by atoms with E-state index in [1.807, 2.05) is 103 Å². The largest absolute Gasteiger partial charge is 0.428 e. The SMILES string of the molecule is C.CC(=O)NCCc1ccccc1Br.CC12OC(=O)C(=O)N1CCc1c(Br)cccc12.CC1=NCCc2c(Br)cccc21.CC1NCCc2c(Br)cccc21.CC1c2cccc(Br)c2CCN1[B]C=O.C[C@@H]1NCCc2c1cccc2C(C)(O)CF.C[C@@H]1c2cccc(Br)c2CCN1[B]C=O.C[C@H]1c2cccc(Br)c2CCN1[B]C=O.C[C@H]1c2cccc(C(C)(O)CF)c2CCN1[B]C=O.Cl. The Bertz CT molecular complexity index is 5470. The van der Waals surface area contributed by atoms with Gasteiger partial charge in [-0.3, -0.25) is 19.5 Å². The third-order valence-electron chi connectivity index (χ3n) is 26.0. The van der Waals surface area contributed by atoms with Crippen molar-refractivity contribution in [2.24, 2.45) is 4.99 Å². The van der Waals surface area contributed by atoms with E-state index in [0.717, 1.165) is 163 Å². The number of amides is 2. The second kappa shape index (κ2) is 54.4. The zero-order valence-electron chi connectivity index (χ0n) is 78.0. The lowest BCUT2D eigenvalue weighted by Gasteiger charge is -2.38. The molecule has 18 rings (SSSR count). The molecule has 9 aliphatic rings. The molecule has 9 aliphatic heterocycles. The first-order chi connectivity index (χ1) is 64.1. The number of rotatable bonds is 15. The summed E-state index contributed by atoms with van der Waals surface area (Å²) in [5.41, 5.74) is 20.1. The highest BCUT2D eigenvalue weighted by Crippen LogP contribution is 2.44. The Hall–Kier alpha value is -6.81. The van der Waals surface area contributed by atoms with Crippen LogP contribution in [0.3, 0.4) is 0 Å². The monoisotopic (exact) mass is 2310 g/mol. The van der Waals surface area contributed by atoms with Crippen LogP contribution < -0.4 is 16.0 Å². The molecule has 19 nitrogen and oxygen atoms in total. The molecule has 9 aromatic carbocycles. The van der Waals surface area contributed by atoms with Crippen molar-refractivity contribution in [2.75, 3.05) is 72.3 Å². The molecule has 2 amide bonds. The van der Waals surface area contributed by atoms with E-state index in [4.69, 9.17) is 4.74 Å². The lowest BCUT2D eigenvalue weighted by atomic mass is 9.79. The molecule has 136 heavy (non-hydrogen) atoms. The normalized spacial score (nSPS) is 20.3. The van der Waals surface area contributed by atoms with Gasteiger partial charge in [0.1, 0.15) is 24.6 Å². The van der Waals surface area contributed by atoms with Gasteiger partial charge >= 0.3 is 11.9 Å². The maximum absolute atomic E-state index is 13.0. The molecule has 5 unspecified atom stereocenters. The van der Waals surface area contributed by atoms with Gasteiger partial charge in [0.15, 0.2) is 0 Å². The highest BCUT2D eigenvalue weighted by molar-refractivity contribution is 9.11. The van der Waals surface area contributed by atoms with Crippen LogP contribution in [0.15, 0.2) is 206 Å². The van der Waals surface area contributed by atoms with Crippen molar-refractivity contribution in [1.29, 1.82) is 0 Å². The fraction of sp³-hybridized carbons (Fsp3) is 0.398. The van der Waals surface area contributed by atoms with Gasteiger partial charge in [-0.1, -0.05) is 246 Å². The topological polar surface area (TPSA) is 234 Å². The van der Waals surface area contributed by atoms with Crippen LogP contribution in [-0.4, -0.2) is 185 Å². The Morgan fingerprint density at radius 3 is 1.22 bits per heavy atom. The zero-order chi connectivity index (χ0) is 97.3. The number of nitrogens with zero attached hydrogens (tertiary/aromatic N) is 6. The number of hydrogen-bond acceptors (Lipinski definition) is 17. The first-order valence-corrected chi connectivity index (χ1v) is 50.8. The average Bonchev–Trinajstić information content (AvgIpc) is 1.57. The Balaban J connectivity index is 0.000000188. The van der Waals surface area contributed by atoms with Crippen molar-refractivity contribution >= 4 is 202 Å². The molecule has 0 spiro atoms. The molecular weight excluding hydrogens is 2200 g/mol. The maximum atomic E-state index is 13.0. The Morgan fingerprint density at radius 2 is 0.816 bits per heavy atom. The fourth-order valence-electron chi connectivity index (χ4n) is 18.5. The molecule has 1 fully saturated rings. The number of nitrogens with one attached hydrogen (secondary N) is 3. The third kappa shape index (κ3) is 29.0. The predicted molar refractivity (Wildman–Crippen MR) is 575 cm³/mol. The number of alkyl halides is 2. The quantitative estimate of drug-likeness (QED) is 0.0278. The minimum atomic E-state index is -1.44. The summed E-state index contributed by atoms with van der Waals surface area (Å²) in [5, 5.41) is 29.8. The highest BCUT2D eigenvalue weighted by Gasteiger charge is 2.53. The van der Waals surface area contributed by atoms with Gasteiger partial charge in [0.05, 0.1) is 24.7 Å². The third-order valence-corrected chi connectivity index (χ3v) is 31.2. The van der Waals surface area contributed by atoms with E-state index in [1.165, 1.54) is 122 Å². The first kappa shape index (κ1) is 114. The van der Waals surface area contributed by atoms with E-state index in [-0.39, 0.29) is 56.0 Å². The van der Waals surface area contributed by atoms with Crippen LogP contribution in [0, 0.1) is 0 Å². The van der Waals surface area contributed by atoms with Crippen LogP contribution in [0.5, 0.6) is 0 Å². The summed E-state index contributed by atoms with van der Waals surface area (Å²) in [6.07, 6.45) is 11.7. The van der Waals surface area contributed by atoms with Crippen molar-refractivity contribution in [3.63, 3.8) is 0 Å². The van der Waals surface area contributed by atoms with E-state index in [2.05, 4.69) is 261 Å². The number of halogens is 10. The van der Waals surface area contributed by atoms with Gasteiger partial charge in [0.25, 0.3) is 29.7 Å². The number of carbonyl (C=O) groups is 7. The highest BCUT2D eigenvalue weighted by atomic mass is 79.9. The molecule has 720 valence electrons. The minimum Gasteiger partial charge on any atom is -0.428 e. The number of fused-ring (bicyclic) bond motifs is 10. The van der Waals surface area contributed by atoms with Crippen molar-refractivity contribution in [2.45, 2.75) is 195 Å². The van der Waals surface area contributed by atoms with Crippen LogP contribution in [-0.2, 0) is 113 Å². The zero-order valence-corrected chi connectivity index (χ0v) is 90.0. The molecule has 9 heterocycles. The Kier molecular flexibility index (Phi) is 45.8. The number of aliphatic imine (C=N–C) groups is 1. The first-order valence-electron chi connectivity index (χ1n) is 45.2. The summed E-state index contributed by atoms with van der Waals surface area (Å²) >= 11 is 24.8. The molecule has 9 aromatic rings. The molecule has 0 bridgehead atoms. The van der Waals surface area contributed by atoms with Gasteiger partial charge < -0.3 is 69.3 Å². The van der Waals surface area contributed by atoms with E-state index in [0.29, 0.717) is 37.7 Å². The molecular formula is C103H121B4Br7ClF2N9O10. The van der Waals surface area contributed by atoms with Crippen molar-refractivity contribution < 1.29 is 57.3 Å². The second-order valence-electron chi connectivity index (χ2n) is 34.6. The standard InChI is InChI=1S/C14H18BFNO2.C13H18FNO.C12H10BrNO3.3C11H12BBrNO.C10H12BrNO.C10H12BrN.C10H10BrN.CH4.ClH/c1-10-11-4-3-5-13(14(2,19)8-16)12(11)6-7-17(10)15-9-18;1-9-10-4-3-5-12(13(2,16)8-14)11(10)6-7-15-9;1-12-8-3-2-4-9(13)7(8)5-6-14(12)10(15)11(16)17-12;3*1-8-9-3-2-4-11(13)10(9)5-6-14(8)12-7-15;1-8(13)12-7-6-9-4-2-3-5-10(9)11;2*1-7-8-3-2-4-10(11)9(8)5-6-12-7;;/h3-5,9-10,19H,6-8H2,1-2H3;3-5,9,15-16H,6-8H2,1-2H3;2-4H,5-6H2,1H3;3*2-4,7-8H,5-6H2,1H3;2-5H,6-7H2,1H3,(H,12,13);2-4,7,12H,5-6H2,1H3;2-4H,5-6H2,1H3;1H4;1H/t10-,14?;9-,13?;;2*8-;;;;;;/m00.10....../s1. The van der Waals surface area contributed by atoms with Crippen LogP contribution in [0.4, 0.5) is 8.78 Å². The molecule has 4 radical (unpaired) electrons. The van der Waals surface area contributed by atoms with Crippen LogP contribution in [0.25, 0.3) is 0 Å². The van der Waals surface area contributed by atoms with E-state index in [1.54, 1.807) is 35.2 Å². The van der Waals surface area contributed by atoms with E-state index in [9.17, 15) is 52.6 Å². The maximum Gasteiger partial charge on any atom is 0.399 e. The van der Waals surface area contributed by atoms with E-state index < -0.39 is 42.2 Å². The van der Waals surface area contributed by atoms with Gasteiger partial charge in [-0.05, 0) is 309 Å². The molecule has 5 N–H and O–H groups in total. The van der Waals surface area contributed by atoms with Crippen LogP contribution in [0.1, 0.15) is 226 Å². The van der Waals surface area contributed by atoms with Gasteiger partial charge in [-0.15, -0.1) is 12.4 Å². The smallest absolute Gasteiger partial charge is 0.399 e. The van der Waals surface area contributed by atoms with Crippen LogP contribution >= 0.6 is 124 Å². The average molecular weight is 2320 g/mol. The predicted octanol–water partition coefficient (Wildman–Crippen LogP) is 20.4. The lowest BCUT2D eigenvalue weighted by Crippen LogP contribution is -2.46. The Labute approximate surface area is 870 Å². The summed E-state index contributed by atoms with van der Waals surface area (Å²) < 4.78 is 39.2. The molecule has 9 atom stereocenters. The number of esters is 1. The summed E-state index contributed by atoms with van der Waals surface area (Å²) in [6, 6.07) is 58.3. The fourth-order valence-corrected chi connectivity index (χ4v) is 22.4. The van der Waals surface area contributed by atoms with Crippen molar-refractivity contribution in [3.05, 3.63) is 307 Å². The summed E-state index contributed by atoms with van der Waals surface area (Å²) in [5.74, 6) is -1.29. The number of benzene rings is 9. The number of hydrogen-bond donors (Lipinski definition) is 5. The van der Waals surface area contributed by atoms with E-state index >= 15 is 0 Å². The molecule has 33 heteroatoms. The molecule has 1 saturated heterocycles. The second-order valence-corrected chi connectivity index (χ2v) is 40.6. The van der Waals surface area contributed by atoms with Gasteiger partial charge in [0, 0.05) is 105 Å². The number of aliphatic hydroxyl groups is 2. The lowest BCUT2D eigenvalue weighted by molar-refractivity contribution is -0.154. The number of ether oxygens (including phenoxy) is 1. The van der Waals surface area contributed by atoms with Crippen LogP contribution in [0.2, 0.25) is 0 Å². The molecule has 0 aromatic heterocycles. The Morgan fingerprint density at radius 1 is 0.478 bits per heavy atom. The summed E-state index contributed by atoms with van der Waals surface area (Å²) in [4.78, 5) is 89.9. The minimum absolute atomic E-state index is 0. The van der Waals surface area contributed by atoms with Gasteiger partial charge in [-0.2, -0.15) is 0 Å². The van der Waals surface area contributed by atoms with Crippen molar-refractivity contribution in [1.82, 2.24) is 40.1 Å². The number of carbonyl (C=O) groups excluding carboxylic acids is 7.